The molecule has 0 saturated carbocycles. The fraction of sp³-hybridized carbons (Fsp3) is 0.214. The van der Waals surface area contributed by atoms with Gasteiger partial charge in [-0.25, -0.2) is 0 Å². The smallest absolute Gasteiger partial charge is 0.161 e. The van der Waals surface area contributed by atoms with Crippen molar-refractivity contribution in [3.05, 3.63) is 46.2 Å². The van der Waals surface area contributed by atoms with Gasteiger partial charge in [-0.1, -0.05) is 5.16 Å². The third-order valence-electron chi connectivity index (χ3n) is 2.71. The second-order valence-electron chi connectivity index (χ2n) is 3.97. The van der Waals surface area contributed by atoms with Gasteiger partial charge in [-0.2, -0.15) is 11.3 Å². The van der Waals surface area contributed by atoms with Crippen LogP contribution in [0.25, 0.3) is 0 Å². The molecule has 1 N–H and O–H groups in total. The topological polar surface area (TPSA) is 51.0 Å². The van der Waals surface area contributed by atoms with Crippen LogP contribution in [0.2, 0.25) is 0 Å². The maximum Gasteiger partial charge on any atom is 0.161 e. The molecule has 0 spiro atoms. The van der Waals surface area contributed by atoms with Crippen LogP contribution in [0, 0.1) is 0 Å². The van der Waals surface area contributed by atoms with Crippen molar-refractivity contribution in [3.8, 4) is 11.5 Å². The number of methoxy groups -OCH3 is 1. The predicted molar refractivity (Wildman–Crippen MR) is 75.6 cm³/mol. The van der Waals surface area contributed by atoms with Crippen molar-refractivity contribution < 1.29 is 14.7 Å². The van der Waals surface area contributed by atoms with Crippen LogP contribution in [0.4, 0.5) is 0 Å². The number of ether oxygens (including phenoxy) is 2. The largest absolute Gasteiger partial charge is 0.493 e. The Kier molecular flexibility index (Phi) is 4.41. The van der Waals surface area contributed by atoms with Crippen LogP contribution >= 0.6 is 11.3 Å². The van der Waals surface area contributed by atoms with Crippen molar-refractivity contribution in [2.45, 2.75) is 13.5 Å². The van der Waals surface area contributed by atoms with E-state index >= 15 is 0 Å². The minimum absolute atomic E-state index is 0.506. The molecule has 0 radical (unpaired) electrons. The maximum absolute atomic E-state index is 8.77. The Morgan fingerprint density at radius 2 is 2.16 bits per heavy atom. The molecule has 0 aliphatic rings. The first-order valence-corrected chi connectivity index (χ1v) is 6.70. The molecular weight excluding hydrogens is 262 g/mol. The van der Waals surface area contributed by atoms with E-state index < -0.39 is 0 Å². The summed E-state index contributed by atoms with van der Waals surface area (Å²) in [6.07, 6.45) is 0. The standard InChI is InChI=1S/C14H15NO3S/c1-10(15-16)12-3-4-13(14(7-12)17-2)18-8-11-5-6-19-9-11/h3-7,9,16H,8H2,1-2H3/b15-10+. The lowest BCUT2D eigenvalue weighted by molar-refractivity contribution is 0.285. The number of thiophene rings is 1. The van der Waals surface area contributed by atoms with Gasteiger partial charge in [0.25, 0.3) is 0 Å². The normalized spacial score (nSPS) is 11.4. The molecule has 0 bridgehead atoms. The Labute approximate surface area is 115 Å². The lowest BCUT2D eigenvalue weighted by atomic mass is 10.1. The number of hydrogen-bond acceptors (Lipinski definition) is 5. The molecule has 1 aromatic carbocycles. The zero-order chi connectivity index (χ0) is 13.7. The Morgan fingerprint density at radius 3 is 2.79 bits per heavy atom. The molecule has 0 atom stereocenters. The van der Waals surface area contributed by atoms with Crippen LogP contribution in [-0.4, -0.2) is 18.0 Å². The van der Waals surface area contributed by atoms with E-state index in [2.05, 4.69) is 5.16 Å². The molecule has 1 heterocycles. The number of oxime groups is 1. The van der Waals surface area contributed by atoms with Gasteiger partial charge in [0.15, 0.2) is 11.5 Å². The number of nitrogens with zero attached hydrogens (tertiary/aromatic N) is 1. The first-order chi connectivity index (χ1) is 9.24. The van der Waals surface area contributed by atoms with E-state index in [1.54, 1.807) is 31.4 Å². The van der Waals surface area contributed by atoms with Gasteiger partial charge in [0.1, 0.15) is 6.61 Å². The minimum atomic E-state index is 0.506. The fourth-order valence-electron chi connectivity index (χ4n) is 1.61. The molecule has 0 amide bonds. The average molecular weight is 277 g/mol. The lowest BCUT2D eigenvalue weighted by Crippen LogP contribution is -2.00. The van der Waals surface area contributed by atoms with Crippen LogP contribution in [0.15, 0.2) is 40.2 Å². The first-order valence-electron chi connectivity index (χ1n) is 5.75. The molecule has 2 rings (SSSR count). The molecule has 2 aromatic rings. The molecule has 1 aromatic heterocycles. The van der Waals surface area contributed by atoms with Gasteiger partial charge in [-0.3, -0.25) is 0 Å². The molecule has 0 saturated heterocycles. The molecule has 0 aliphatic carbocycles. The van der Waals surface area contributed by atoms with E-state index in [1.807, 2.05) is 29.0 Å². The highest BCUT2D eigenvalue weighted by molar-refractivity contribution is 7.07. The van der Waals surface area contributed by atoms with Crippen LogP contribution in [-0.2, 0) is 6.61 Å². The minimum Gasteiger partial charge on any atom is -0.493 e. The van der Waals surface area contributed by atoms with Crippen molar-refractivity contribution in [2.75, 3.05) is 7.11 Å². The second-order valence-corrected chi connectivity index (χ2v) is 4.75. The maximum atomic E-state index is 8.77. The van der Waals surface area contributed by atoms with Gasteiger partial charge >= 0.3 is 0 Å². The molecule has 0 unspecified atom stereocenters. The summed E-state index contributed by atoms with van der Waals surface area (Å²) in [6.45, 7) is 2.23. The molecule has 19 heavy (non-hydrogen) atoms. The Hall–Kier alpha value is -2.01. The summed E-state index contributed by atoms with van der Waals surface area (Å²) in [5.74, 6) is 1.29. The van der Waals surface area contributed by atoms with Crippen LogP contribution in [0.5, 0.6) is 11.5 Å². The summed E-state index contributed by atoms with van der Waals surface area (Å²) in [6, 6.07) is 7.46. The Morgan fingerprint density at radius 1 is 1.32 bits per heavy atom. The van der Waals surface area contributed by atoms with Gasteiger partial charge in [0, 0.05) is 5.56 Å². The summed E-state index contributed by atoms with van der Waals surface area (Å²) in [4.78, 5) is 0. The van der Waals surface area contributed by atoms with Crippen molar-refractivity contribution in [2.24, 2.45) is 5.16 Å². The van der Waals surface area contributed by atoms with Crippen molar-refractivity contribution in [1.29, 1.82) is 0 Å². The van der Waals surface area contributed by atoms with E-state index in [-0.39, 0.29) is 0 Å². The van der Waals surface area contributed by atoms with Gasteiger partial charge in [-0.15, -0.1) is 0 Å². The molecule has 0 aliphatic heterocycles. The van der Waals surface area contributed by atoms with Gasteiger partial charge in [0.05, 0.1) is 12.8 Å². The number of rotatable bonds is 5. The van der Waals surface area contributed by atoms with Crippen molar-refractivity contribution in [1.82, 2.24) is 0 Å². The van der Waals surface area contributed by atoms with E-state index in [0.717, 1.165) is 11.1 Å². The highest BCUT2D eigenvalue weighted by Crippen LogP contribution is 2.29. The van der Waals surface area contributed by atoms with E-state index in [0.29, 0.717) is 23.8 Å². The van der Waals surface area contributed by atoms with E-state index in [1.165, 1.54) is 0 Å². The summed E-state index contributed by atoms with van der Waals surface area (Å²) < 4.78 is 11.0. The average Bonchev–Trinajstić information content (AvgIpc) is 2.97. The lowest BCUT2D eigenvalue weighted by Gasteiger charge is -2.11. The third-order valence-corrected chi connectivity index (χ3v) is 3.44. The SMILES string of the molecule is COc1cc(/C(C)=N/O)ccc1OCc1ccsc1. The van der Waals surface area contributed by atoms with E-state index in [9.17, 15) is 0 Å². The molecular formula is C14H15NO3S. The van der Waals surface area contributed by atoms with Crippen molar-refractivity contribution >= 4 is 17.0 Å². The molecule has 0 fully saturated rings. The fourth-order valence-corrected chi connectivity index (χ4v) is 2.26. The zero-order valence-corrected chi connectivity index (χ0v) is 11.6. The highest BCUT2D eigenvalue weighted by atomic mass is 32.1. The summed E-state index contributed by atoms with van der Waals surface area (Å²) in [5, 5.41) is 16.0. The Bertz CT molecular complexity index is 564. The monoisotopic (exact) mass is 277 g/mol. The van der Waals surface area contributed by atoms with Gasteiger partial charge < -0.3 is 14.7 Å². The van der Waals surface area contributed by atoms with Crippen LogP contribution < -0.4 is 9.47 Å². The summed E-state index contributed by atoms with van der Waals surface area (Å²) in [5.41, 5.74) is 2.45. The number of hydrogen-bond donors (Lipinski definition) is 1. The van der Waals surface area contributed by atoms with E-state index in [4.69, 9.17) is 14.7 Å². The molecule has 4 nitrogen and oxygen atoms in total. The number of benzene rings is 1. The second kappa shape index (κ2) is 6.24. The summed E-state index contributed by atoms with van der Waals surface area (Å²) >= 11 is 1.64. The predicted octanol–water partition coefficient (Wildman–Crippen LogP) is 3.53. The summed E-state index contributed by atoms with van der Waals surface area (Å²) in [7, 11) is 1.59. The molecule has 5 heteroatoms. The van der Waals surface area contributed by atoms with Gasteiger partial charge in [0.2, 0.25) is 0 Å². The molecule has 100 valence electrons. The quantitative estimate of drug-likeness (QED) is 0.516. The first kappa shape index (κ1) is 13.4. The third kappa shape index (κ3) is 3.26. The van der Waals surface area contributed by atoms with Crippen LogP contribution in [0.1, 0.15) is 18.1 Å². The van der Waals surface area contributed by atoms with Crippen LogP contribution in [0.3, 0.4) is 0 Å². The van der Waals surface area contributed by atoms with Gasteiger partial charge in [-0.05, 0) is 47.5 Å². The Balaban J connectivity index is 2.16. The highest BCUT2D eigenvalue weighted by Gasteiger charge is 2.08. The van der Waals surface area contributed by atoms with Crippen molar-refractivity contribution in [3.63, 3.8) is 0 Å². The zero-order valence-electron chi connectivity index (χ0n) is 10.8.